The summed E-state index contributed by atoms with van der Waals surface area (Å²) >= 11 is 5.88. The summed E-state index contributed by atoms with van der Waals surface area (Å²) < 4.78 is 11.2. The number of hydrogen-bond acceptors (Lipinski definition) is 4. The number of halogens is 1. The number of rotatable bonds is 9. The Morgan fingerprint density at radius 2 is 1.88 bits per heavy atom. The van der Waals surface area contributed by atoms with Crippen molar-refractivity contribution < 1.29 is 14.3 Å². The third-order valence-electron chi connectivity index (χ3n) is 3.85. The van der Waals surface area contributed by atoms with Gasteiger partial charge in [0.25, 0.3) is 5.91 Å². The Morgan fingerprint density at radius 1 is 1.15 bits per heavy atom. The number of benzene rings is 2. The Balaban J connectivity index is 1.99. The molecule has 0 fully saturated rings. The van der Waals surface area contributed by atoms with E-state index in [-0.39, 0.29) is 11.9 Å². The van der Waals surface area contributed by atoms with Gasteiger partial charge in [-0.3, -0.25) is 4.79 Å². The lowest BCUT2D eigenvalue weighted by molar-refractivity contribution is 0.0950. The highest BCUT2D eigenvalue weighted by molar-refractivity contribution is 6.30. The summed E-state index contributed by atoms with van der Waals surface area (Å²) in [6.07, 6.45) is 0. The smallest absolute Gasteiger partial charge is 0.251 e. The van der Waals surface area contributed by atoms with Gasteiger partial charge >= 0.3 is 0 Å². The quantitative estimate of drug-likeness (QED) is 0.701. The lowest BCUT2D eigenvalue weighted by Crippen LogP contribution is -2.38. The molecule has 0 spiro atoms. The monoisotopic (exact) mass is 376 g/mol. The lowest BCUT2D eigenvalue weighted by Gasteiger charge is -2.15. The third kappa shape index (κ3) is 5.93. The highest BCUT2D eigenvalue weighted by Gasteiger charge is 2.12. The molecule has 0 aliphatic carbocycles. The first-order valence-corrected chi connectivity index (χ1v) is 8.98. The number of amides is 1. The van der Waals surface area contributed by atoms with Crippen LogP contribution in [-0.4, -0.2) is 32.1 Å². The zero-order valence-corrected chi connectivity index (χ0v) is 16.1. The van der Waals surface area contributed by atoms with Crippen molar-refractivity contribution >= 4 is 17.5 Å². The van der Waals surface area contributed by atoms with Gasteiger partial charge in [-0.25, -0.2) is 0 Å². The standard InChI is InChI=1S/C20H25ClN2O3/c1-4-22-14(2)12-23-20(24)16-7-10-18(19(11-16)25-3)26-13-15-5-8-17(21)9-6-15/h5-11,14,22H,4,12-13H2,1-3H3,(H,23,24)/t14-/m1/s1. The van der Waals surface area contributed by atoms with Gasteiger partial charge < -0.3 is 20.1 Å². The van der Waals surface area contributed by atoms with Crippen LogP contribution in [0.3, 0.4) is 0 Å². The summed E-state index contributed by atoms with van der Waals surface area (Å²) in [6, 6.07) is 12.8. The SMILES string of the molecule is CCN[C@H](C)CNC(=O)c1ccc(OCc2ccc(Cl)cc2)c(OC)c1. The van der Waals surface area contributed by atoms with Gasteiger partial charge in [-0.15, -0.1) is 0 Å². The van der Waals surface area contributed by atoms with E-state index in [0.717, 1.165) is 12.1 Å². The molecular formula is C20H25ClN2O3. The van der Waals surface area contributed by atoms with Crippen LogP contribution < -0.4 is 20.1 Å². The van der Waals surface area contributed by atoms with E-state index in [1.807, 2.05) is 38.1 Å². The van der Waals surface area contributed by atoms with Crippen molar-refractivity contribution in [2.45, 2.75) is 26.5 Å². The van der Waals surface area contributed by atoms with Crippen LogP contribution >= 0.6 is 11.6 Å². The molecule has 0 aromatic heterocycles. The van der Waals surface area contributed by atoms with Crippen LogP contribution in [0.15, 0.2) is 42.5 Å². The van der Waals surface area contributed by atoms with Gasteiger partial charge in [0, 0.05) is 23.2 Å². The van der Waals surface area contributed by atoms with Crippen LogP contribution in [0.5, 0.6) is 11.5 Å². The number of carbonyl (C=O) groups excluding carboxylic acids is 1. The van der Waals surface area contributed by atoms with Crippen molar-refractivity contribution in [3.8, 4) is 11.5 Å². The van der Waals surface area contributed by atoms with Crippen molar-refractivity contribution in [3.63, 3.8) is 0 Å². The lowest BCUT2D eigenvalue weighted by atomic mass is 10.1. The normalized spacial score (nSPS) is 11.7. The summed E-state index contributed by atoms with van der Waals surface area (Å²) in [7, 11) is 1.55. The molecule has 5 nitrogen and oxygen atoms in total. The summed E-state index contributed by atoms with van der Waals surface area (Å²) in [4.78, 5) is 12.3. The fraction of sp³-hybridized carbons (Fsp3) is 0.350. The number of hydrogen-bond donors (Lipinski definition) is 2. The first kappa shape index (κ1) is 20.1. The molecule has 0 radical (unpaired) electrons. The Labute approximate surface area is 159 Å². The van der Waals surface area contributed by atoms with Gasteiger partial charge in [-0.2, -0.15) is 0 Å². The van der Waals surface area contributed by atoms with Crippen LogP contribution in [0.4, 0.5) is 0 Å². The second kappa shape index (κ2) is 10.0. The van der Waals surface area contributed by atoms with Crippen LogP contribution in [0.25, 0.3) is 0 Å². The van der Waals surface area contributed by atoms with Crippen LogP contribution in [0.2, 0.25) is 5.02 Å². The van der Waals surface area contributed by atoms with E-state index in [1.54, 1.807) is 25.3 Å². The number of carbonyl (C=O) groups is 1. The molecule has 0 aliphatic rings. The first-order chi connectivity index (χ1) is 12.5. The minimum atomic E-state index is -0.141. The maximum absolute atomic E-state index is 12.3. The molecule has 0 saturated heterocycles. The van der Waals surface area contributed by atoms with E-state index in [1.165, 1.54) is 0 Å². The van der Waals surface area contributed by atoms with Crippen LogP contribution in [-0.2, 0) is 6.61 Å². The number of methoxy groups -OCH3 is 1. The zero-order valence-electron chi connectivity index (χ0n) is 15.3. The number of nitrogens with one attached hydrogen (secondary N) is 2. The molecule has 6 heteroatoms. The van der Waals surface area contributed by atoms with E-state index in [2.05, 4.69) is 10.6 Å². The van der Waals surface area contributed by atoms with Gasteiger partial charge in [-0.05, 0) is 49.4 Å². The molecule has 2 rings (SSSR count). The summed E-state index contributed by atoms with van der Waals surface area (Å²) in [5.74, 6) is 0.962. The van der Waals surface area contributed by atoms with E-state index in [4.69, 9.17) is 21.1 Å². The summed E-state index contributed by atoms with van der Waals surface area (Å²) in [6.45, 7) is 5.87. The Hall–Kier alpha value is -2.24. The van der Waals surface area contributed by atoms with E-state index < -0.39 is 0 Å². The second-order valence-corrected chi connectivity index (χ2v) is 6.39. The zero-order chi connectivity index (χ0) is 18.9. The molecule has 0 heterocycles. The molecule has 2 N–H and O–H groups in total. The van der Waals surface area contributed by atoms with Crippen molar-refractivity contribution in [3.05, 3.63) is 58.6 Å². The molecule has 1 amide bonds. The third-order valence-corrected chi connectivity index (χ3v) is 4.11. The highest BCUT2D eigenvalue weighted by atomic mass is 35.5. The van der Waals surface area contributed by atoms with Gasteiger partial charge in [0.2, 0.25) is 0 Å². The molecule has 1 atom stereocenters. The number of likely N-dealkylation sites (N-methyl/N-ethyl adjacent to an activating group) is 1. The summed E-state index contributed by atoms with van der Waals surface area (Å²) in [5, 5.41) is 6.84. The van der Waals surface area contributed by atoms with E-state index >= 15 is 0 Å². The Bertz CT molecular complexity index is 719. The fourth-order valence-electron chi connectivity index (χ4n) is 2.44. The minimum absolute atomic E-state index is 0.141. The van der Waals surface area contributed by atoms with Crippen molar-refractivity contribution in [2.24, 2.45) is 0 Å². The molecule has 0 saturated carbocycles. The molecule has 0 unspecified atom stereocenters. The molecular weight excluding hydrogens is 352 g/mol. The molecule has 2 aromatic carbocycles. The van der Waals surface area contributed by atoms with Crippen LogP contribution in [0, 0.1) is 0 Å². The maximum atomic E-state index is 12.3. The largest absolute Gasteiger partial charge is 0.493 e. The molecule has 26 heavy (non-hydrogen) atoms. The number of ether oxygens (including phenoxy) is 2. The van der Waals surface area contributed by atoms with Gasteiger partial charge in [0.1, 0.15) is 6.61 Å². The van der Waals surface area contributed by atoms with Crippen LogP contribution in [0.1, 0.15) is 29.8 Å². The van der Waals surface area contributed by atoms with E-state index in [0.29, 0.717) is 35.2 Å². The second-order valence-electron chi connectivity index (χ2n) is 5.95. The average Bonchev–Trinajstić information content (AvgIpc) is 2.65. The van der Waals surface area contributed by atoms with Crippen molar-refractivity contribution in [1.82, 2.24) is 10.6 Å². The molecule has 140 valence electrons. The molecule has 0 bridgehead atoms. The molecule has 0 aliphatic heterocycles. The van der Waals surface area contributed by atoms with Crippen molar-refractivity contribution in [2.75, 3.05) is 20.2 Å². The Kier molecular flexibility index (Phi) is 7.75. The fourth-order valence-corrected chi connectivity index (χ4v) is 2.56. The Morgan fingerprint density at radius 3 is 2.54 bits per heavy atom. The predicted molar refractivity (Wildman–Crippen MR) is 104 cm³/mol. The first-order valence-electron chi connectivity index (χ1n) is 8.60. The summed E-state index contributed by atoms with van der Waals surface area (Å²) in [5.41, 5.74) is 1.53. The maximum Gasteiger partial charge on any atom is 0.251 e. The van der Waals surface area contributed by atoms with Gasteiger partial charge in [-0.1, -0.05) is 30.7 Å². The average molecular weight is 377 g/mol. The van der Waals surface area contributed by atoms with Gasteiger partial charge in [0.15, 0.2) is 11.5 Å². The van der Waals surface area contributed by atoms with E-state index in [9.17, 15) is 4.79 Å². The predicted octanol–water partition coefficient (Wildman–Crippen LogP) is 3.66. The molecule has 2 aromatic rings. The minimum Gasteiger partial charge on any atom is -0.493 e. The highest BCUT2D eigenvalue weighted by Crippen LogP contribution is 2.29. The van der Waals surface area contributed by atoms with Crippen molar-refractivity contribution in [1.29, 1.82) is 0 Å². The topological polar surface area (TPSA) is 59.6 Å². The van der Waals surface area contributed by atoms with Gasteiger partial charge in [0.05, 0.1) is 7.11 Å².